The maximum atomic E-state index is 11.9. The number of urea groups is 1. The number of nitrogens with zero attached hydrogens (tertiary/aromatic N) is 1. The maximum absolute atomic E-state index is 11.9. The highest BCUT2D eigenvalue weighted by atomic mass is 16.5. The summed E-state index contributed by atoms with van der Waals surface area (Å²) in [5, 5.41) is 20.4. The summed E-state index contributed by atoms with van der Waals surface area (Å²) in [6.45, 7) is 4.93. The third-order valence-corrected chi connectivity index (χ3v) is 2.43. The lowest BCUT2D eigenvalue weighted by Gasteiger charge is -2.25. The van der Waals surface area contributed by atoms with Crippen LogP contribution in [0.5, 0.6) is 0 Å². The van der Waals surface area contributed by atoms with E-state index in [1.807, 2.05) is 6.92 Å². The molecule has 8 heteroatoms. The molecule has 8 nitrogen and oxygen atoms in total. The topological polar surface area (TPSA) is 116 Å². The normalized spacial score (nSPS) is 13.2. The molecular formula is C12H22N2O6. The Bertz CT molecular complexity index is 345. The maximum Gasteiger partial charge on any atom is 0.328 e. The van der Waals surface area contributed by atoms with E-state index in [1.165, 1.54) is 6.92 Å². The van der Waals surface area contributed by atoms with Gasteiger partial charge in [0.15, 0.2) is 6.04 Å². The van der Waals surface area contributed by atoms with E-state index >= 15 is 0 Å². The molecule has 0 aliphatic carbocycles. The van der Waals surface area contributed by atoms with Crippen LogP contribution in [0.3, 0.4) is 0 Å². The molecule has 0 aromatic heterocycles. The zero-order chi connectivity index (χ0) is 15.7. The molecule has 20 heavy (non-hydrogen) atoms. The molecular weight excluding hydrogens is 268 g/mol. The number of esters is 1. The average molecular weight is 290 g/mol. The number of carbonyl (C=O) groups is 3. The third-order valence-electron chi connectivity index (χ3n) is 2.43. The zero-order valence-corrected chi connectivity index (χ0v) is 12.0. The van der Waals surface area contributed by atoms with E-state index in [-0.39, 0.29) is 19.7 Å². The summed E-state index contributed by atoms with van der Waals surface area (Å²) in [6.07, 6.45) is -0.651. The minimum Gasteiger partial charge on any atom is -0.480 e. The minimum absolute atomic E-state index is 0.200. The van der Waals surface area contributed by atoms with Gasteiger partial charge in [-0.25, -0.2) is 9.59 Å². The van der Waals surface area contributed by atoms with Gasteiger partial charge in [-0.3, -0.25) is 4.79 Å². The van der Waals surface area contributed by atoms with E-state index in [4.69, 9.17) is 9.84 Å². The van der Waals surface area contributed by atoms with Gasteiger partial charge >= 0.3 is 18.0 Å². The molecule has 0 saturated heterocycles. The van der Waals surface area contributed by atoms with Crippen LogP contribution in [-0.4, -0.2) is 64.9 Å². The molecule has 0 aromatic rings. The number of carboxylic acids is 1. The van der Waals surface area contributed by atoms with Crippen LogP contribution in [0.15, 0.2) is 0 Å². The second-order valence-electron chi connectivity index (χ2n) is 4.23. The first-order valence-corrected chi connectivity index (χ1v) is 6.45. The largest absolute Gasteiger partial charge is 0.480 e. The lowest BCUT2D eigenvalue weighted by molar-refractivity contribution is -0.143. The van der Waals surface area contributed by atoms with E-state index in [0.717, 1.165) is 4.90 Å². The smallest absolute Gasteiger partial charge is 0.328 e. The van der Waals surface area contributed by atoms with Crippen molar-refractivity contribution in [2.75, 3.05) is 19.7 Å². The molecule has 0 fully saturated rings. The monoisotopic (exact) mass is 290 g/mol. The first kappa shape index (κ1) is 18.2. The van der Waals surface area contributed by atoms with Crippen LogP contribution < -0.4 is 5.32 Å². The third kappa shape index (κ3) is 6.37. The Kier molecular flexibility index (Phi) is 8.30. The van der Waals surface area contributed by atoms with Gasteiger partial charge in [-0.15, -0.1) is 0 Å². The summed E-state index contributed by atoms with van der Waals surface area (Å²) in [5.74, 6) is -1.92. The van der Waals surface area contributed by atoms with Crippen LogP contribution in [0.4, 0.5) is 4.79 Å². The number of ether oxygens (including phenoxy) is 1. The summed E-state index contributed by atoms with van der Waals surface area (Å²) in [5.41, 5.74) is 0. The van der Waals surface area contributed by atoms with Gasteiger partial charge in [-0.1, -0.05) is 6.92 Å². The molecule has 0 unspecified atom stereocenters. The van der Waals surface area contributed by atoms with Crippen LogP contribution in [0.2, 0.25) is 0 Å². The molecule has 0 bridgehead atoms. The second-order valence-corrected chi connectivity index (χ2v) is 4.23. The van der Waals surface area contributed by atoms with Crippen LogP contribution >= 0.6 is 0 Å². The number of carbonyl (C=O) groups excluding carboxylic acids is 2. The Morgan fingerprint density at radius 1 is 1.30 bits per heavy atom. The van der Waals surface area contributed by atoms with Gasteiger partial charge in [0.2, 0.25) is 0 Å². The molecule has 2 amide bonds. The highest BCUT2D eigenvalue weighted by molar-refractivity contribution is 5.85. The number of nitrogens with one attached hydrogen (secondary N) is 1. The van der Waals surface area contributed by atoms with E-state index in [2.05, 4.69) is 5.32 Å². The molecule has 2 atom stereocenters. The Balaban J connectivity index is 4.70. The molecule has 116 valence electrons. The summed E-state index contributed by atoms with van der Waals surface area (Å²) in [6, 6.07) is -2.16. The predicted octanol–water partition coefficient (Wildman–Crippen LogP) is -0.195. The summed E-state index contributed by atoms with van der Waals surface area (Å²) < 4.78 is 4.74. The van der Waals surface area contributed by atoms with Crippen molar-refractivity contribution in [1.82, 2.24) is 10.2 Å². The van der Waals surface area contributed by atoms with E-state index in [0.29, 0.717) is 6.42 Å². The van der Waals surface area contributed by atoms with Crippen molar-refractivity contribution in [3.63, 3.8) is 0 Å². The molecule has 0 heterocycles. The van der Waals surface area contributed by atoms with E-state index in [1.54, 1.807) is 6.92 Å². The number of rotatable bonds is 8. The number of carboxylic acid groups (broad SMARTS) is 1. The Morgan fingerprint density at radius 3 is 2.30 bits per heavy atom. The van der Waals surface area contributed by atoms with Gasteiger partial charge in [0.05, 0.1) is 12.7 Å². The fourth-order valence-corrected chi connectivity index (χ4v) is 1.50. The zero-order valence-electron chi connectivity index (χ0n) is 12.0. The minimum atomic E-state index is -1.43. The van der Waals surface area contributed by atoms with Crippen LogP contribution in [-0.2, 0) is 14.3 Å². The van der Waals surface area contributed by atoms with Crippen molar-refractivity contribution in [2.24, 2.45) is 0 Å². The quantitative estimate of drug-likeness (QED) is 0.533. The van der Waals surface area contributed by atoms with E-state index in [9.17, 15) is 19.5 Å². The standard InChI is InChI=1S/C12H22N2O6/c1-4-6-14(7-9(16)20-5-2)12(19)13-10(8(3)15)11(17)18/h8,10,15H,4-7H2,1-3H3,(H,13,19)(H,17,18)/t8-,10+/m1/s1. The molecule has 0 saturated carbocycles. The Labute approximate surface area is 117 Å². The average Bonchev–Trinajstić information content (AvgIpc) is 2.34. The first-order chi connectivity index (χ1) is 9.33. The van der Waals surface area contributed by atoms with Gasteiger partial charge in [-0.05, 0) is 20.3 Å². The number of hydrogen-bond donors (Lipinski definition) is 3. The highest BCUT2D eigenvalue weighted by Crippen LogP contribution is 1.99. The fraction of sp³-hybridized carbons (Fsp3) is 0.750. The second kappa shape index (κ2) is 9.13. The first-order valence-electron chi connectivity index (χ1n) is 6.45. The van der Waals surface area contributed by atoms with Crippen molar-refractivity contribution in [3.05, 3.63) is 0 Å². The molecule has 3 N–H and O–H groups in total. The number of amides is 2. The summed E-state index contributed by atoms with van der Waals surface area (Å²) in [7, 11) is 0. The number of aliphatic hydroxyl groups excluding tert-OH is 1. The molecule has 0 spiro atoms. The molecule has 0 aliphatic rings. The Hall–Kier alpha value is -1.83. The van der Waals surface area contributed by atoms with Gasteiger partial charge in [0, 0.05) is 6.54 Å². The van der Waals surface area contributed by atoms with Crippen LogP contribution in [0.25, 0.3) is 0 Å². The fourth-order valence-electron chi connectivity index (χ4n) is 1.50. The lowest BCUT2D eigenvalue weighted by atomic mass is 10.2. The highest BCUT2D eigenvalue weighted by Gasteiger charge is 2.27. The molecule has 0 radical (unpaired) electrons. The Morgan fingerprint density at radius 2 is 1.90 bits per heavy atom. The summed E-state index contributed by atoms with van der Waals surface area (Å²) in [4.78, 5) is 35.3. The SMILES string of the molecule is CCCN(CC(=O)OCC)C(=O)N[C@H](C(=O)O)[C@@H](C)O. The summed E-state index contributed by atoms with van der Waals surface area (Å²) >= 11 is 0. The van der Waals surface area contributed by atoms with Gasteiger partial charge in [-0.2, -0.15) is 0 Å². The number of aliphatic hydroxyl groups is 1. The van der Waals surface area contributed by atoms with Crippen molar-refractivity contribution >= 4 is 18.0 Å². The van der Waals surface area contributed by atoms with Crippen LogP contribution in [0, 0.1) is 0 Å². The van der Waals surface area contributed by atoms with Crippen molar-refractivity contribution in [2.45, 2.75) is 39.3 Å². The number of aliphatic carboxylic acids is 1. The van der Waals surface area contributed by atoms with E-state index < -0.39 is 30.1 Å². The van der Waals surface area contributed by atoms with Crippen molar-refractivity contribution < 1.29 is 29.3 Å². The molecule has 0 rings (SSSR count). The molecule has 0 aliphatic heterocycles. The molecule has 0 aromatic carbocycles. The predicted molar refractivity (Wildman–Crippen MR) is 70.1 cm³/mol. The lowest BCUT2D eigenvalue weighted by Crippen LogP contribution is -2.53. The van der Waals surface area contributed by atoms with Gasteiger partial charge in [0.1, 0.15) is 6.54 Å². The van der Waals surface area contributed by atoms with Gasteiger partial charge in [0.25, 0.3) is 0 Å². The van der Waals surface area contributed by atoms with Crippen molar-refractivity contribution in [1.29, 1.82) is 0 Å². The van der Waals surface area contributed by atoms with Crippen molar-refractivity contribution in [3.8, 4) is 0 Å². The van der Waals surface area contributed by atoms with Gasteiger partial charge < -0.3 is 25.2 Å². The van der Waals surface area contributed by atoms with Crippen LogP contribution in [0.1, 0.15) is 27.2 Å². The number of hydrogen-bond acceptors (Lipinski definition) is 5.